The topological polar surface area (TPSA) is 84.1 Å². The van der Waals surface area contributed by atoms with Crippen molar-refractivity contribution >= 4 is 0 Å². The van der Waals surface area contributed by atoms with Crippen LogP contribution in [0.25, 0.3) is 0 Å². The third kappa shape index (κ3) is 1.46. The number of rotatable bonds is 4. The highest BCUT2D eigenvalue weighted by Gasteiger charge is 2.45. The molecule has 1 aromatic heterocycles. The number of aliphatic hydroxyl groups is 1. The average molecular weight is 255 g/mol. The molecule has 1 fully saturated rings. The van der Waals surface area contributed by atoms with Gasteiger partial charge in [0.25, 0.3) is 0 Å². The number of aliphatic hydroxyl groups excluding tert-OH is 1. The minimum atomic E-state index is -0.451. The van der Waals surface area contributed by atoms with E-state index in [2.05, 4.69) is 0 Å². The summed E-state index contributed by atoms with van der Waals surface area (Å²) in [5, 5.41) is 29.5. The van der Waals surface area contributed by atoms with Gasteiger partial charge < -0.3 is 24.8 Å². The molecule has 0 aliphatic carbocycles. The van der Waals surface area contributed by atoms with Crippen molar-refractivity contribution < 1.29 is 24.8 Å². The van der Waals surface area contributed by atoms with Gasteiger partial charge in [0, 0.05) is 7.11 Å². The van der Waals surface area contributed by atoms with Crippen LogP contribution >= 0.6 is 0 Å². The summed E-state index contributed by atoms with van der Waals surface area (Å²) in [7, 11) is 1.49. The minimum Gasteiger partial charge on any atom is -0.494 e. The molecule has 0 saturated carbocycles. The smallest absolute Gasteiger partial charge is 0.200 e. The Hall–Kier alpha value is -1.24. The predicted octanol–water partition coefficient (Wildman–Crippen LogP) is 0.813. The zero-order valence-corrected chi connectivity index (χ0v) is 10.2. The fourth-order valence-corrected chi connectivity index (χ4v) is 2.91. The van der Waals surface area contributed by atoms with Crippen LogP contribution in [-0.2, 0) is 16.0 Å². The molecule has 0 spiro atoms. The first-order valence-corrected chi connectivity index (χ1v) is 6.10. The van der Waals surface area contributed by atoms with Crippen molar-refractivity contribution in [2.24, 2.45) is 0 Å². The maximum Gasteiger partial charge on any atom is 0.200 e. The Balaban J connectivity index is 1.98. The first kappa shape index (κ1) is 11.8. The number of methoxy groups -OCH3 is 1. The molecule has 2 aliphatic rings. The highest BCUT2D eigenvalue weighted by molar-refractivity contribution is 5.52. The van der Waals surface area contributed by atoms with Crippen LogP contribution in [0.4, 0.5) is 0 Å². The molecule has 3 rings (SSSR count). The van der Waals surface area contributed by atoms with Gasteiger partial charge in [-0.2, -0.15) is 0 Å². The number of nitrogens with zero attached hydrogens (tertiary/aromatic N) is 1. The molecule has 0 aromatic carbocycles. The van der Waals surface area contributed by atoms with Gasteiger partial charge >= 0.3 is 0 Å². The van der Waals surface area contributed by atoms with E-state index in [1.165, 1.54) is 11.7 Å². The number of aromatic nitrogens is 1. The fourth-order valence-electron chi connectivity index (χ4n) is 2.91. The molecule has 0 radical (unpaired) electrons. The van der Waals surface area contributed by atoms with E-state index in [0.29, 0.717) is 11.1 Å². The van der Waals surface area contributed by atoms with Gasteiger partial charge in [0.05, 0.1) is 42.6 Å². The number of ether oxygens (including phenoxy) is 2. The average Bonchev–Trinajstić information content (AvgIpc) is 3.03. The summed E-state index contributed by atoms with van der Waals surface area (Å²) in [5.41, 5.74) is 1.41. The number of hydrogen-bond donors (Lipinski definition) is 3. The van der Waals surface area contributed by atoms with E-state index in [-0.39, 0.29) is 37.1 Å². The monoisotopic (exact) mass is 255 g/mol. The van der Waals surface area contributed by atoms with Crippen molar-refractivity contribution in [2.75, 3.05) is 13.7 Å². The molecule has 2 bridgehead atoms. The normalized spacial score (nSPS) is 26.6. The summed E-state index contributed by atoms with van der Waals surface area (Å²) < 4.78 is 12.1. The first-order chi connectivity index (χ1) is 8.67. The quantitative estimate of drug-likeness (QED) is 0.741. The number of fused-ring (bicyclic) bond motifs is 5. The van der Waals surface area contributed by atoms with Crippen LogP contribution in [0.2, 0.25) is 0 Å². The Morgan fingerprint density at radius 3 is 2.28 bits per heavy atom. The second-order valence-corrected chi connectivity index (χ2v) is 4.82. The largest absolute Gasteiger partial charge is 0.494 e. The van der Waals surface area contributed by atoms with Gasteiger partial charge in [-0.15, -0.1) is 0 Å². The Bertz CT molecular complexity index is 432. The highest BCUT2D eigenvalue weighted by Crippen LogP contribution is 2.57. The van der Waals surface area contributed by atoms with Crippen molar-refractivity contribution in [1.29, 1.82) is 0 Å². The molecular formula is C12H17NO5. The molecule has 6 nitrogen and oxygen atoms in total. The van der Waals surface area contributed by atoms with Crippen LogP contribution in [0.15, 0.2) is 0 Å². The summed E-state index contributed by atoms with van der Waals surface area (Å²) >= 11 is 0. The van der Waals surface area contributed by atoms with Gasteiger partial charge in [-0.1, -0.05) is 0 Å². The van der Waals surface area contributed by atoms with Gasteiger partial charge in [0.15, 0.2) is 11.8 Å². The van der Waals surface area contributed by atoms with Crippen LogP contribution in [0.1, 0.15) is 36.2 Å². The molecule has 0 amide bonds. The van der Waals surface area contributed by atoms with E-state index in [4.69, 9.17) is 14.6 Å². The fraction of sp³-hybridized carbons (Fsp3) is 0.667. The maximum atomic E-state index is 10.2. The third-order valence-electron chi connectivity index (χ3n) is 3.87. The van der Waals surface area contributed by atoms with Crippen molar-refractivity contribution in [1.82, 2.24) is 4.57 Å². The lowest BCUT2D eigenvalue weighted by molar-refractivity contribution is 0.0329. The van der Waals surface area contributed by atoms with E-state index >= 15 is 0 Å². The standard InChI is InChI=1S/C12H17NO5/c1-17-6(5-14)4-13-11(15)9-7-2-3-8(18-7)10(9)12(13)16/h6-8,14-16H,2-5H2,1H3/t6?,7-,8+. The zero-order valence-electron chi connectivity index (χ0n) is 10.2. The van der Waals surface area contributed by atoms with Crippen molar-refractivity contribution in [3.05, 3.63) is 11.1 Å². The van der Waals surface area contributed by atoms with Crippen LogP contribution < -0.4 is 0 Å². The van der Waals surface area contributed by atoms with Crippen LogP contribution in [0.5, 0.6) is 11.8 Å². The van der Waals surface area contributed by atoms with Crippen LogP contribution in [0, 0.1) is 0 Å². The first-order valence-electron chi connectivity index (χ1n) is 6.10. The van der Waals surface area contributed by atoms with E-state index in [1.807, 2.05) is 0 Å². The van der Waals surface area contributed by atoms with E-state index < -0.39 is 6.10 Å². The minimum absolute atomic E-state index is 0.0326. The summed E-state index contributed by atoms with van der Waals surface area (Å²) in [6.45, 7) is 0.0543. The molecule has 2 aliphatic heterocycles. The van der Waals surface area contributed by atoms with Crippen molar-refractivity contribution in [2.45, 2.75) is 37.7 Å². The molecule has 1 unspecified atom stereocenters. The van der Waals surface area contributed by atoms with Gasteiger partial charge in [-0.25, -0.2) is 0 Å². The summed E-state index contributed by atoms with van der Waals surface area (Å²) in [5.74, 6) is 0.0652. The van der Waals surface area contributed by atoms with Gasteiger partial charge in [0.1, 0.15) is 0 Å². The molecular weight excluding hydrogens is 238 g/mol. The lowest BCUT2D eigenvalue weighted by Gasteiger charge is -2.15. The van der Waals surface area contributed by atoms with E-state index in [0.717, 1.165) is 12.8 Å². The summed E-state index contributed by atoms with van der Waals surface area (Å²) in [6.07, 6.45) is 1.09. The van der Waals surface area contributed by atoms with Gasteiger partial charge in [0.2, 0.25) is 0 Å². The lowest BCUT2D eigenvalue weighted by atomic mass is 9.95. The van der Waals surface area contributed by atoms with Gasteiger partial charge in [-0.3, -0.25) is 4.57 Å². The molecule has 6 heteroatoms. The molecule has 100 valence electrons. The zero-order chi connectivity index (χ0) is 12.9. The molecule has 3 heterocycles. The van der Waals surface area contributed by atoms with Crippen molar-refractivity contribution in [3.63, 3.8) is 0 Å². The van der Waals surface area contributed by atoms with Crippen LogP contribution in [-0.4, -0.2) is 39.7 Å². The number of hydrogen-bond acceptors (Lipinski definition) is 5. The molecule has 3 atom stereocenters. The summed E-state index contributed by atoms with van der Waals surface area (Å²) in [4.78, 5) is 0. The Kier molecular flexibility index (Phi) is 2.73. The Morgan fingerprint density at radius 2 is 1.83 bits per heavy atom. The van der Waals surface area contributed by atoms with E-state index in [1.54, 1.807) is 0 Å². The lowest BCUT2D eigenvalue weighted by Crippen LogP contribution is -2.22. The third-order valence-corrected chi connectivity index (χ3v) is 3.87. The van der Waals surface area contributed by atoms with Crippen molar-refractivity contribution in [3.8, 4) is 11.8 Å². The summed E-state index contributed by atoms with van der Waals surface area (Å²) in [6, 6.07) is 0. The second-order valence-electron chi connectivity index (χ2n) is 4.82. The Labute approximate surface area is 104 Å². The molecule has 3 N–H and O–H groups in total. The second kappa shape index (κ2) is 4.15. The SMILES string of the molecule is COC(CO)Cn1c(O)c2c(c1O)[C@H]1CC[C@@H]2O1. The Morgan fingerprint density at radius 1 is 1.28 bits per heavy atom. The molecule has 1 saturated heterocycles. The highest BCUT2D eigenvalue weighted by atomic mass is 16.5. The predicted molar refractivity (Wildman–Crippen MR) is 61.4 cm³/mol. The maximum absolute atomic E-state index is 10.2. The van der Waals surface area contributed by atoms with Gasteiger partial charge in [-0.05, 0) is 12.8 Å². The molecule has 1 aromatic rings. The number of aromatic hydroxyl groups is 2. The van der Waals surface area contributed by atoms with Crippen LogP contribution in [0.3, 0.4) is 0 Å². The van der Waals surface area contributed by atoms with E-state index in [9.17, 15) is 10.2 Å². The molecule has 18 heavy (non-hydrogen) atoms.